The number of fused-ring (bicyclic) bond motifs is 1. The van der Waals surface area contributed by atoms with Crippen LogP contribution in [0.15, 0.2) is 121 Å². The highest BCUT2D eigenvalue weighted by Crippen LogP contribution is 2.46. The summed E-state index contributed by atoms with van der Waals surface area (Å²) in [7, 11) is 0. The second-order valence-corrected chi connectivity index (χ2v) is 12.4. The molecule has 3 aliphatic rings. The number of amides is 4. The number of imide groups is 2. The predicted octanol–water partition coefficient (Wildman–Crippen LogP) is 6.52. The fourth-order valence-corrected chi connectivity index (χ4v) is 7.26. The number of allylic oxidation sites excluding steroid dienone is 1. The van der Waals surface area contributed by atoms with Gasteiger partial charge in [-0.25, -0.2) is 4.90 Å². The maximum Gasteiger partial charge on any atom is 0.241 e. The Hall–Kier alpha value is -5.10. The molecule has 4 amide bonds. The largest absolute Gasteiger partial charge is 0.274 e. The molecule has 2 aliphatic heterocycles. The van der Waals surface area contributed by atoms with Crippen molar-refractivity contribution < 1.29 is 19.2 Å². The van der Waals surface area contributed by atoms with Crippen molar-refractivity contribution in [1.82, 2.24) is 0 Å². The van der Waals surface area contributed by atoms with E-state index in [1.54, 1.807) is 0 Å². The minimum absolute atomic E-state index is 0.0885. The third-order valence-corrected chi connectivity index (χ3v) is 9.51. The summed E-state index contributed by atoms with van der Waals surface area (Å²) in [4.78, 5) is 56.8. The van der Waals surface area contributed by atoms with Gasteiger partial charge in [0.05, 0.1) is 29.1 Å². The van der Waals surface area contributed by atoms with Gasteiger partial charge in [-0.3, -0.25) is 24.1 Å². The van der Waals surface area contributed by atoms with E-state index in [4.69, 9.17) is 0 Å². The number of nitrogens with zero attached hydrogens (tertiary/aromatic N) is 2. The molecule has 2 heterocycles. The molecule has 0 bridgehead atoms. The van der Waals surface area contributed by atoms with Crippen LogP contribution in [0.5, 0.6) is 0 Å². The van der Waals surface area contributed by atoms with Crippen LogP contribution in [0, 0.1) is 23.7 Å². The number of carbonyl (C=O) groups excluding carboxylic acids is 4. The Kier molecular flexibility index (Phi) is 7.50. The van der Waals surface area contributed by atoms with E-state index in [0.717, 1.165) is 29.5 Å². The highest BCUT2D eigenvalue weighted by Gasteiger charge is 2.54. The van der Waals surface area contributed by atoms with Gasteiger partial charge in [-0.15, -0.1) is 0 Å². The zero-order valence-electron chi connectivity index (χ0n) is 25.1. The smallest absolute Gasteiger partial charge is 0.241 e. The summed E-state index contributed by atoms with van der Waals surface area (Å²) >= 11 is 0. The fraction of sp³-hybridized carbons (Fsp3) is 0.231. The van der Waals surface area contributed by atoms with E-state index in [1.165, 1.54) is 20.9 Å². The van der Waals surface area contributed by atoms with Crippen LogP contribution in [-0.4, -0.2) is 23.6 Å². The molecule has 0 saturated carbocycles. The van der Waals surface area contributed by atoms with Crippen LogP contribution in [0.4, 0.5) is 11.4 Å². The molecule has 4 atom stereocenters. The standard InChI is InChI=1S/C39H34N2O4/c1-25-20-30(33-24-35(42)40(37(33)43)31-16-12-28(13-17-31)21-26-8-4-2-5-9-26)23-34-36(25)39(45)41(38(34)44)32-18-14-29(15-19-32)22-27-10-6-3-7-11-27/h2-20,30,33-34,36H,21-24H2,1H3. The average molecular weight is 595 g/mol. The Balaban J connectivity index is 1.05. The van der Waals surface area contributed by atoms with Crippen LogP contribution in [0.1, 0.15) is 42.0 Å². The van der Waals surface area contributed by atoms with Crippen LogP contribution in [-0.2, 0) is 32.0 Å². The lowest BCUT2D eigenvalue weighted by Gasteiger charge is -2.29. The molecule has 224 valence electrons. The molecule has 0 aromatic heterocycles. The first-order chi connectivity index (χ1) is 21.9. The van der Waals surface area contributed by atoms with Crippen molar-refractivity contribution in [3.05, 3.63) is 143 Å². The zero-order chi connectivity index (χ0) is 31.1. The zero-order valence-corrected chi connectivity index (χ0v) is 25.1. The van der Waals surface area contributed by atoms with E-state index < -0.39 is 17.8 Å². The molecule has 4 aromatic rings. The molecule has 45 heavy (non-hydrogen) atoms. The lowest BCUT2D eigenvalue weighted by atomic mass is 9.71. The molecule has 1 aliphatic carbocycles. The molecule has 4 aromatic carbocycles. The number of hydrogen-bond acceptors (Lipinski definition) is 4. The lowest BCUT2D eigenvalue weighted by molar-refractivity contribution is -0.125. The van der Waals surface area contributed by atoms with Gasteiger partial charge in [0.25, 0.3) is 0 Å². The SMILES string of the molecule is CC1=CC(C2CC(=O)N(c3ccc(Cc4ccccc4)cc3)C2=O)CC2C(=O)N(c3ccc(Cc4ccccc4)cc3)C(=O)C12. The number of anilines is 2. The number of hydrogen-bond donors (Lipinski definition) is 0. The fourth-order valence-electron chi connectivity index (χ4n) is 7.26. The molecular weight excluding hydrogens is 560 g/mol. The second kappa shape index (κ2) is 11.8. The van der Waals surface area contributed by atoms with Crippen molar-refractivity contribution in [2.24, 2.45) is 23.7 Å². The predicted molar refractivity (Wildman–Crippen MR) is 173 cm³/mol. The van der Waals surface area contributed by atoms with E-state index >= 15 is 0 Å². The quantitative estimate of drug-likeness (QED) is 0.180. The van der Waals surface area contributed by atoms with Crippen molar-refractivity contribution in [2.45, 2.75) is 32.6 Å². The van der Waals surface area contributed by atoms with Gasteiger partial charge in [0.2, 0.25) is 23.6 Å². The average Bonchev–Trinajstić information content (AvgIpc) is 3.49. The number of carbonyl (C=O) groups is 4. The van der Waals surface area contributed by atoms with E-state index in [-0.39, 0.29) is 36.0 Å². The van der Waals surface area contributed by atoms with Crippen LogP contribution in [0.25, 0.3) is 0 Å². The van der Waals surface area contributed by atoms with Gasteiger partial charge in [-0.1, -0.05) is 96.6 Å². The van der Waals surface area contributed by atoms with Crippen LogP contribution >= 0.6 is 0 Å². The summed E-state index contributed by atoms with van der Waals surface area (Å²) in [5.74, 6) is -2.89. The Morgan fingerprint density at radius 1 is 0.556 bits per heavy atom. The van der Waals surface area contributed by atoms with Crippen molar-refractivity contribution in [3.8, 4) is 0 Å². The van der Waals surface area contributed by atoms with E-state index in [9.17, 15) is 19.2 Å². The minimum atomic E-state index is -0.563. The number of rotatable bonds is 7. The summed E-state index contributed by atoms with van der Waals surface area (Å²) < 4.78 is 0. The molecule has 0 radical (unpaired) electrons. The van der Waals surface area contributed by atoms with Crippen molar-refractivity contribution >= 4 is 35.0 Å². The van der Waals surface area contributed by atoms with Gasteiger partial charge in [0, 0.05) is 6.42 Å². The van der Waals surface area contributed by atoms with E-state index in [2.05, 4.69) is 24.3 Å². The monoisotopic (exact) mass is 594 g/mol. The molecule has 4 unspecified atom stereocenters. The van der Waals surface area contributed by atoms with E-state index in [1.807, 2.05) is 97.9 Å². The van der Waals surface area contributed by atoms with Gasteiger partial charge in [-0.2, -0.15) is 0 Å². The maximum atomic E-state index is 13.7. The van der Waals surface area contributed by atoms with Crippen LogP contribution < -0.4 is 9.80 Å². The molecule has 0 spiro atoms. The highest BCUT2D eigenvalue weighted by molar-refractivity contribution is 6.23. The van der Waals surface area contributed by atoms with Crippen molar-refractivity contribution in [3.63, 3.8) is 0 Å². The first kappa shape index (κ1) is 28.7. The molecule has 7 rings (SSSR count). The second-order valence-electron chi connectivity index (χ2n) is 12.4. The summed E-state index contributed by atoms with van der Waals surface area (Å²) in [6.45, 7) is 1.87. The lowest BCUT2D eigenvalue weighted by Crippen LogP contribution is -2.35. The van der Waals surface area contributed by atoms with Gasteiger partial charge in [0.1, 0.15) is 0 Å². The third kappa shape index (κ3) is 5.42. The Morgan fingerprint density at radius 2 is 1.02 bits per heavy atom. The van der Waals surface area contributed by atoms with Gasteiger partial charge < -0.3 is 0 Å². The molecule has 2 saturated heterocycles. The Bertz CT molecular complexity index is 1800. The van der Waals surface area contributed by atoms with Gasteiger partial charge >= 0.3 is 0 Å². The van der Waals surface area contributed by atoms with Crippen LogP contribution in [0.2, 0.25) is 0 Å². The van der Waals surface area contributed by atoms with Gasteiger partial charge in [-0.05, 0) is 78.6 Å². The minimum Gasteiger partial charge on any atom is -0.274 e. The normalized spacial score (nSPS) is 23.0. The maximum absolute atomic E-state index is 13.7. The van der Waals surface area contributed by atoms with Gasteiger partial charge in [0.15, 0.2) is 0 Å². The highest BCUT2D eigenvalue weighted by atomic mass is 16.2. The first-order valence-corrected chi connectivity index (χ1v) is 15.6. The first-order valence-electron chi connectivity index (χ1n) is 15.6. The molecule has 6 heteroatoms. The Labute approximate surface area is 263 Å². The summed E-state index contributed by atoms with van der Waals surface area (Å²) in [5, 5.41) is 0. The van der Waals surface area contributed by atoms with Crippen molar-refractivity contribution in [1.29, 1.82) is 0 Å². The van der Waals surface area contributed by atoms with E-state index in [0.29, 0.717) is 17.8 Å². The van der Waals surface area contributed by atoms with Crippen LogP contribution in [0.3, 0.4) is 0 Å². The third-order valence-electron chi connectivity index (χ3n) is 9.51. The number of benzene rings is 4. The molecule has 0 N–H and O–H groups in total. The summed E-state index contributed by atoms with van der Waals surface area (Å²) in [5.41, 5.74) is 6.49. The summed E-state index contributed by atoms with van der Waals surface area (Å²) in [6.07, 6.45) is 3.94. The molecule has 2 fully saturated rings. The topological polar surface area (TPSA) is 74.8 Å². The molecule has 6 nitrogen and oxygen atoms in total. The molecular formula is C39H34N2O4. The summed E-state index contributed by atoms with van der Waals surface area (Å²) in [6, 6.07) is 35.4. The Morgan fingerprint density at radius 3 is 1.56 bits per heavy atom. The van der Waals surface area contributed by atoms with Crippen molar-refractivity contribution in [2.75, 3.05) is 9.80 Å².